The molecule has 1 aromatic rings. The van der Waals surface area contributed by atoms with Crippen molar-refractivity contribution in [1.82, 2.24) is 10.3 Å². The van der Waals surface area contributed by atoms with E-state index in [1.54, 1.807) is 7.11 Å². The normalized spacial score (nSPS) is 13.8. The van der Waals surface area contributed by atoms with Crippen LogP contribution in [0.4, 0.5) is 0 Å². The van der Waals surface area contributed by atoms with E-state index in [4.69, 9.17) is 4.74 Å². The SMILES string of the molecule is COCCNCC(Cc1cnc(C)s1)C(C)(C)C. The van der Waals surface area contributed by atoms with Gasteiger partial charge in [-0.2, -0.15) is 0 Å². The summed E-state index contributed by atoms with van der Waals surface area (Å²) >= 11 is 1.81. The molecule has 0 spiro atoms. The number of methoxy groups -OCH3 is 1. The van der Waals surface area contributed by atoms with Gasteiger partial charge in [0.15, 0.2) is 0 Å². The van der Waals surface area contributed by atoms with Crippen molar-refractivity contribution in [2.45, 2.75) is 34.1 Å². The van der Waals surface area contributed by atoms with Gasteiger partial charge in [0.2, 0.25) is 0 Å². The highest BCUT2D eigenvalue weighted by molar-refractivity contribution is 7.11. The van der Waals surface area contributed by atoms with Crippen LogP contribution < -0.4 is 5.32 Å². The summed E-state index contributed by atoms with van der Waals surface area (Å²) in [4.78, 5) is 5.73. The summed E-state index contributed by atoms with van der Waals surface area (Å²) in [5.74, 6) is 0.620. The van der Waals surface area contributed by atoms with Crippen molar-refractivity contribution in [2.24, 2.45) is 11.3 Å². The van der Waals surface area contributed by atoms with Gasteiger partial charge in [-0.25, -0.2) is 4.98 Å². The van der Waals surface area contributed by atoms with E-state index >= 15 is 0 Å². The fourth-order valence-corrected chi connectivity index (χ4v) is 2.75. The van der Waals surface area contributed by atoms with Crippen LogP contribution in [0.1, 0.15) is 30.7 Å². The number of aryl methyl sites for hydroxylation is 1. The number of aromatic nitrogens is 1. The molecule has 1 atom stereocenters. The minimum atomic E-state index is 0.304. The Bertz CT molecular complexity index is 344. The Morgan fingerprint density at radius 2 is 2.17 bits per heavy atom. The molecular formula is C14H26N2OS. The molecule has 0 bridgehead atoms. The first-order valence-electron chi connectivity index (χ1n) is 6.54. The zero-order valence-electron chi connectivity index (χ0n) is 12.2. The molecule has 0 aromatic carbocycles. The number of thiazole rings is 1. The molecule has 0 saturated heterocycles. The smallest absolute Gasteiger partial charge is 0.0896 e. The van der Waals surface area contributed by atoms with Crippen molar-refractivity contribution < 1.29 is 4.74 Å². The lowest BCUT2D eigenvalue weighted by Gasteiger charge is -2.30. The predicted molar refractivity (Wildman–Crippen MR) is 78.2 cm³/mol. The molecule has 0 saturated carbocycles. The van der Waals surface area contributed by atoms with Crippen LogP contribution in [-0.4, -0.2) is 31.8 Å². The number of rotatable bonds is 7. The zero-order valence-corrected chi connectivity index (χ0v) is 13.1. The second-order valence-electron chi connectivity index (χ2n) is 5.81. The minimum absolute atomic E-state index is 0.304. The summed E-state index contributed by atoms with van der Waals surface area (Å²) in [5, 5.41) is 4.64. The third kappa shape index (κ3) is 5.46. The monoisotopic (exact) mass is 270 g/mol. The molecule has 0 fully saturated rings. The van der Waals surface area contributed by atoms with Crippen LogP contribution in [0.3, 0.4) is 0 Å². The summed E-state index contributed by atoms with van der Waals surface area (Å²) in [6.45, 7) is 11.7. The Morgan fingerprint density at radius 1 is 1.44 bits per heavy atom. The first-order chi connectivity index (χ1) is 8.43. The molecule has 4 heteroatoms. The molecule has 3 nitrogen and oxygen atoms in total. The lowest BCUT2D eigenvalue weighted by Crippen LogP contribution is -2.34. The summed E-state index contributed by atoms with van der Waals surface area (Å²) < 4.78 is 5.06. The van der Waals surface area contributed by atoms with Crippen LogP contribution in [0.5, 0.6) is 0 Å². The van der Waals surface area contributed by atoms with Crippen molar-refractivity contribution in [2.75, 3.05) is 26.8 Å². The quantitative estimate of drug-likeness (QED) is 0.774. The number of nitrogens with one attached hydrogen (secondary N) is 1. The van der Waals surface area contributed by atoms with Crippen LogP contribution in [0, 0.1) is 18.3 Å². The molecule has 1 aromatic heterocycles. The lowest BCUT2D eigenvalue weighted by atomic mass is 9.78. The number of hydrogen-bond acceptors (Lipinski definition) is 4. The lowest BCUT2D eigenvalue weighted by molar-refractivity contribution is 0.186. The fourth-order valence-electron chi connectivity index (χ4n) is 1.88. The van der Waals surface area contributed by atoms with E-state index in [0.717, 1.165) is 31.1 Å². The standard InChI is InChI=1S/C14H26N2OS/c1-11-16-10-13(18-11)8-12(14(2,3)4)9-15-6-7-17-5/h10,12,15H,6-9H2,1-5H3. The van der Waals surface area contributed by atoms with Gasteiger partial charge in [0.25, 0.3) is 0 Å². The molecule has 0 aliphatic heterocycles. The van der Waals surface area contributed by atoms with Gasteiger partial charge < -0.3 is 10.1 Å². The zero-order chi connectivity index (χ0) is 13.6. The van der Waals surface area contributed by atoms with Crippen LogP contribution >= 0.6 is 11.3 Å². The highest BCUT2D eigenvalue weighted by Gasteiger charge is 2.25. The van der Waals surface area contributed by atoms with Crippen LogP contribution in [0.15, 0.2) is 6.20 Å². The average Bonchev–Trinajstić information content (AvgIpc) is 2.67. The molecular weight excluding hydrogens is 244 g/mol. The number of nitrogens with zero attached hydrogens (tertiary/aromatic N) is 1. The van der Waals surface area contributed by atoms with E-state index in [2.05, 4.69) is 38.0 Å². The van der Waals surface area contributed by atoms with E-state index in [1.165, 1.54) is 4.88 Å². The molecule has 1 unspecified atom stereocenters. The summed E-state index contributed by atoms with van der Waals surface area (Å²) in [7, 11) is 1.74. The van der Waals surface area contributed by atoms with E-state index in [9.17, 15) is 0 Å². The first-order valence-corrected chi connectivity index (χ1v) is 7.36. The molecule has 0 amide bonds. The third-order valence-corrected chi connectivity index (χ3v) is 4.15. The first kappa shape index (κ1) is 15.6. The van der Waals surface area contributed by atoms with Crippen molar-refractivity contribution in [3.05, 3.63) is 16.1 Å². The summed E-state index contributed by atoms with van der Waals surface area (Å²) in [6.07, 6.45) is 3.13. The average molecular weight is 270 g/mol. The van der Waals surface area contributed by atoms with E-state index in [1.807, 2.05) is 17.5 Å². The van der Waals surface area contributed by atoms with Crippen molar-refractivity contribution in [3.63, 3.8) is 0 Å². The Kier molecular flexibility index (Phi) is 6.26. The maximum atomic E-state index is 5.06. The van der Waals surface area contributed by atoms with Gasteiger partial charge in [0, 0.05) is 24.7 Å². The topological polar surface area (TPSA) is 34.1 Å². The van der Waals surface area contributed by atoms with E-state index in [0.29, 0.717) is 11.3 Å². The maximum Gasteiger partial charge on any atom is 0.0896 e. The summed E-state index contributed by atoms with van der Waals surface area (Å²) in [6, 6.07) is 0. The van der Waals surface area contributed by atoms with Crippen molar-refractivity contribution in [1.29, 1.82) is 0 Å². The molecule has 0 radical (unpaired) electrons. The molecule has 1 N–H and O–H groups in total. The van der Waals surface area contributed by atoms with Crippen LogP contribution in [0.25, 0.3) is 0 Å². The molecule has 1 rings (SSSR count). The van der Waals surface area contributed by atoms with Crippen molar-refractivity contribution >= 4 is 11.3 Å². The highest BCUT2D eigenvalue weighted by Crippen LogP contribution is 2.30. The second-order valence-corrected chi connectivity index (χ2v) is 7.13. The molecule has 18 heavy (non-hydrogen) atoms. The van der Waals surface area contributed by atoms with Gasteiger partial charge >= 0.3 is 0 Å². The summed E-state index contributed by atoms with van der Waals surface area (Å²) in [5.41, 5.74) is 0.304. The van der Waals surface area contributed by atoms with Gasteiger partial charge in [-0.1, -0.05) is 20.8 Å². The molecule has 1 heterocycles. The second kappa shape index (κ2) is 7.22. The predicted octanol–water partition coefficient (Wildman–Crippen LogP) is 2.89. The van der Waals surface area contributed by atoms with Crippen LogP contribution in [0.2, 0.25) is 0 Å². The largest absolute Gasteiger partial charge is 0.383 e. The minimum Gasteiger partial charge on any atom is -0.383 e. The number of ether oxygens (including phenoxy) is 1. The van der Waals surface area contributed by atoms with Crippen LogP contribution in [-0.2, 0) is 11.2 Å². The van der Waals surface area contributed by atoms with E-state index < -0.39 is 0 Å². The molecule has 0 aliphatic rings. The Morgan fingerprint density at radius 3 is 2.67 bits per heavy atom. The van der Waals surface area contributed by atoms with Crippen molar-refractivity contribution in [3.8, 4) is 0 Å². The van der Waals surface area contributed by atoms with Gasteiger partial charge in [0.05, 0.1) is 11.6 Å². The Balaban J connectivity index is 2.51. The van der Waals surface area contributed by atoms with Gasteiger partial charge in [-0.3, -0.25) is 0 Å². The Labute approximate surface area is 115 Å². The maximum absolute atomic E-state index is 5.06. The van der Waals surface area contributed by atoms with Gasteiger partial charge in [-0.15, -0.1) is 11.3 Å². The highest BCUT2D eigenvalue weighted by atomic mass is 32.1. The molecule has 104 valence electrons. The van der Waals surface area contributed by atoms with Gasteiger partial charge in [-0.05, 0) is 31.2 Å². The third-order valence-electron chi connectivity index (χ3n) is 3.22. The van der Waals surface area contributed by atoms with Gasteiger partial charge in [0.1, 0.15) is 0 Å². The fraction of sp³-hybridized carbons (Fsp3) is 0.786. The van der Waals surface area contributed by atoms with E-state index in [-0.39, 0.29) is 0 Å². The molecule has 0 aliphatic carbocycles. The number of hydrogen-bond donors (Lipinski definition) is 1. The Hall–Kier alpha value is -0.450.